The highest BCUT2D eigenvalue weighted by Gasteiger charge is 2.45. The first-order chi connectivity index (χ1) is 14.0. The average molecular weight is 447 g/mol. The molecule has 0 saturated carbocycles. The number of carbonyl (C=O) groups is 1. The summed E-state index contributed by atoms with van der Waals surface area (Å²) in [4.78, 5) is 14.4. The van der Waals surface area contributed by atoms with Crippen molar-refractivity contribution >= 4 is 15.7 Å². The second-order valence-corrected chi connectivity index (χ2v) is 11.2. The minimum atomic E-state index is -3.46. The van der Waals surface area contributed by atoms with Crippen LogP contribution in [-0.2, 0) is 21.1 Å². The van der Waals surface area contributed by atoms with Gasteiger partial charge in [-0.1, -0.05) is 13.8 Å². The molecule has 2 fully saturated rings. The summed E-state index contributed by atoms with van der Waals surface area (Å²) >= 11 is 0. The van der Waals surface area contributed by atoms with Gasteiger partial charge in [-0.2, -0.15) is 0 Å². The van der Waals surface area contributed by atoms with Crippen LogP contribution >= 0.6 is 0 Å². The van der Waals surface area contributed by atoms with E-state index in [2.05, 4.69) is 0 Å². The molecule has 3 rings (SSSR count). The van der Waals surface area contributed by atoms with Crippen molar-refractivity contribution in [3.8, 4) is 0 Å². The van der Waals surface area contributed by atoms with Crippen molar-refractivity contribution in [3.63, 3.8) is 0 Å². The molecular formula is C21H29F3N2O3S. The van der Waals surface area contributed by atoms with Crippen LogP contribution in [-0.4, -0.2) is 48.9 Å². The average Bonchev–Trinajstić information content (AvgIpc) is 2.88. The molecule has 2 aliphatic heterocycles. The van der Waals surface area contributed by atoms with E-state index in [0.29, 0.717) is 18.9 Å². The van der Waals surface area contributed by atoms with Gasteiger partial charge in [-0.3, -0.25) is 4.79 Å². The molecular weight excluding hydrogens is 417 g/mol. The van der Waals surface area contributed by atoms with Gasteiger partial charge in [0.2, 0.25) is 5.91 Å². The molecule has 9 heteroatoms. The molecule has 0 aromatic heterocycles. The Hall–Kier alpha value is -1.61. The fourth-order valence-electron chi connectivity index (χ4n) is 4.95. The van der Waals surface area contributed by atoms with Crippen LogP contribution in [0.4, 0.5) is 13.2 Å². The molecule has 1 aromatic rings. The zero-order valence-corrected chi connectivity index (χ0v) is 18.1. The van der Waals surface area contributed by atoms with E-state index >= 15 is 0 Å². The molecule has 5 nitrogen and oxygen atoms in total. The Kier molecular flexibility index (Phi) is 6.81. The van der Waals surface area contributed by atoms with Crippen molar-refractivity contribution in [1.29, 1.82) is 0 Å². The van der Waals surface area contributed by atoms with Gasteiger partial charge in [0.15, 0.2) is 21.5 Å². The molecule has 168 valence electrons. The van der Waals surface area contributed by atoms with Crippen molar-refractivity contribution < 1.29 is 26.4 Å². The molecule has 4 atom stereocenters. The molecule has 1 amide bonds. The largest absolute Gasteiger partial charge is 0.336 e. The topological polar surface area (TPSA) is 80.5 Å². The smallest absolute Gasteiger partial charge is 0.238 e. The summed E-state index contributed by atoms with van der Waals surface area (Å²) in [5, 5.41) is 0. The van der Waals surface area contributed by atoms with Crippen LogP contribution in [0.1, 0.15) is 45.1 Å². The second kappa shape index (κ2) is 8.86. The van der Waals surface area contributed by atoms with Gasteiger partial charge in [0.25, 0.3) is 0 Å². The van der Waals surface area contributed by atoms with Gasteiger partial charge in [-0.15, -0.1) is 0 Å². The van der Waals surface area contributed by atoms with Crippen LogP contribution in [0.5, 0.6) is 0 Å². The van der Waals surface area contributed by atoms with Gasteiger partial charge in [0.05, 0.1) is 5.75 Å². The van der Waals surface area contributed by atoms with E-state index in [0.717, 1.165) is 18.9 Å². The van der Waals surface area contributed by atoms with E-state index in [1.54, 1.807) is 18.7 Å². The van der Waals surface area contributed by atoms with Crippen LogP contribution in [0.2, 0.25) is 0 Å². The van der Waals surface area contributed by atoms with E-state index in [1.807, 2.05) is 0 Å². The number of benzene rings is 1. The Balaban J connectivity index is 1.64. The summed E-state index contributed by atoms with van der Waals surface area (Å²) in [6.45, 7) is 3.60. The van der Waals surface area contributed by atoms with Crippen LogP contribution < -0.4 is 5.73 Å². The summed E-state index contributed by atoms with van der Waals surface area (Å²) in [5.74, 6) is -4.07. The van der Waals surface area contributed by atoms with Gasteiger partial charge >= 0.3 is 0 Å². The normalized spacial score (nSPS) is 25.0. The molecule has 0 aliphatic carbocycles. The Labute approximate surface area is 175 Å². The molecule has 2 N–H and O–H groups in total. The Morgan fingerprint density at radius 2 is 1.67 bits per heavy atom. The van der Waals surface area contributed by atoms with E-state index < -0.39 is 39.1 Å². The zero-order chi connectivity index (χ0) is 22.2. The quantitative estimate of drug-likeness (QED) is 0.653. The summed E-state index contributed by atoms with van der Waals surface area (Å²) in [5.41, 5.74) is 6.32. The third-order valence-corrected chi connectivity index (χ3v) is 8.00. The summed E-state index contributed by atoms with van der Waals surface area (Å²) in [6.07, 6.45) is 2.83. The molecule has 0 unspecified atom stereocenters. The number of sulfone groups is 1. The molecule has 2 saturated heterocycles. The lowest BCUT2D eigenvalue weighted by molar-refractivity contribution is -0.133. The van der Waals surface area contributed by atoms with Crippen LogP contribution in [0.25, 0.3) is 0 Å². The number of piperidine rings is 1. The van der Waals surface area contributed by atoms with Gasteiger partial charge in [0, 0.05) is 24.2 Å². The highest BCUT2D eigenvalue weighted by Crippen LogP contribution is 2.40. The van der Waals surface area contributed by atoms with Gasteiger partial charge < -0.3 is 10.6 Å². The summed E-state index contributed by atoms with van der Waals surface area (Å²) in [6, 6.07) is 0.735. The lowest BCUT2D eigenvalue weighted by Crippen LogP contribution is -2.51. The summed E-state index contributed by atoms with van der Waals surface area (Å²) in [7, 11) is -3.46. The second-order valence-electron chi connectivity index (χ2n) is 9.09. The third-order valence-electron chi connectivity index (χ3n) is 6.14. The highest BCUT2D eigenvalue weighted by atomic mass is 32.2. The first-order valence-corrected chi connectivity index (χ1v) is 12.2. The first-order valence-electron chi connectivity index (χ1n) is 10.4. The number of amides is 1. The van der Waals surface area contributed by atoms with Crippen LogP contribution in [0, 0.1) is 29.3 Å². The Morgan fingerprint density at radius 1 is 1.10 bits per heavy atom. The van der Waals surface area contributed by atoms with Crippen molar-refractivity contribution in [2.75, 3.05) is 11.5 Å². The van der Waals surface area contributed by atoms with Crippen molar-refractivity contribution in [2.45, 2.75) is 64.1 Å². The predicted molar refractivity (Wildman–Crippen MR) is 108 cm³/mol. The SMILES string of the molecule is CC(C)CS(=O)(=O)CC(=O)N1[C@@H]2CC[C@H]1C[C@@H]([C@H](N)Cc1cc(F)c(F)cc1F)C2. The molecule has 2 bridgehead atoms. The zero-order valence-electron chi connectivity index (χ0n) is 17.3. The minimum absolute atomic E-state index is 0.00802. The molecule has 2 aliphatic rings. The molecule has 0 spiro atoms. The third kappa shape index (κ3) is 5.17. The van der Waals surface area contributed by atoms with Gasteiger partial charge in [0.1, 0.15) is 11.6 Å². The molecule has 1 aromatic carbocycles. The number of fused-ring (bicyclic) bond motifs is 2. The monoisotopic (exact) mass is 446 g/mol. The molecule has 0 radical (unpaired) electrons. The fourth-order valence-corrected chi connectivity index (χ4v) is 6.61. The maximum absolute atomic E-state index is 14.0. The van der Waals surface area contributed by atoms with E-state index in [4.69, 9.17) is 5.73 Å². The first kappa shape index (κ1) is 23.1. The maximum atomic E-state index is 14.0. The Morgan fingerprint density at radius 3 is 2.23 bits per heavy atom. The van der Waals surface area contributed by atoms with Crippen molar-refractivity contribution in [3.05, 3.63) is 35.1 Å². The lowest BCUT2D eigenvalue weighted by atomic mass is 9.82. The van der Waals surface area contributed by atoms with Gasteiger partial charge in [-0.25, -0.2) is 21.6 Å². The Bertz CT molecular complexity index is 893. The number of nitrogens with zero attached hydrogens (tertiary/aromatic N) is 1. The summed E-state index contributed by atoms with van der Waals surface area (Å²) < 4.78 is 65.0. The fraction of sp³-hybridized carbons (Fsp3) is 0.667. The number of halogens is 3. The lowest BCUT2D eigenvalue weighted by Gasteiger charge is -2.41. The van der Waals surface area contributed by atoms with Crippen molar-refractivity contribution in [2.24, 2.45) is 17.6 Å². The number of nitrogens with two attached hydrogens (primary N) is 1. The number of rotatable bonds is 7. The number of hydrogen-bond donors (Lipinski definition) is 1. The highest BCUT2D eigenvalue weighted by molar-refractivity contribution is 7.92. The van der Waals surface area contributed by atoms with E-state index in [-0.39, 0.29) is 47.6 Å². The van der Waals surface area contributed by atoms with E-state index in [1.165, 1.54) is 0 Å². The van der Waals surface area contributed by atoms with E-state index in [9.17, 15) is 26.4 Å². The number of carbonyl (C=O) groups excluding carboxylic acids is 1. The molecule has 30 heavy (non-hydrogen) atoms. The maximum Gasteiger partial charge on any atom is 0.238 e. The van der Waals surface area contributed by atoms with Crippen LogP contribution in [0.3, 0.4) is 0 Å². The minimum Gasteiger partial charge on any atom is -0.336 e. The van der Waals surface area contributed by atoms with Gasteiger partial charge in [-0.05, 0) is 55.6 Å². The number of hydrogen-bond acceptors (Lipinski definition) is 4. The molecule has 2 heterocycles. The predicted octanol–water partition coefficient (Wildman–Crippen LogP) is 2.81. The standard InChI is InChI=1S/C21H29F3N2O3S/c1-12(2)10-30(28,29)11-21(27)26-15-3-4-16(26)6-14(5-15)20(25)8-13-7-18(23)19(24)9-17(13)22/h7,9,12,14-16,20H,3-6,8,10-11,25H2,1-2H3/t14-,15+,16-,20-/m1/s1. The van der Waals surface area contributed by atoms with Crippen molar-refractivity contribution in [1.82, 2.24) is 4.90 Å². The van der Waals surface area contributed by atoms with Crippen LogP contribution in [0.15, 0.2) is 12.1 Å².